The molecular weight excluding hydrogens is 379 g/mol. The number of alkyl halides is 1. The molecule has 0 aliphatic rings. The van der Waals surface area contributed by atoms with E-state index in [1.54, 1.807) is 0 Å². The largest absolute Gasteiger partial charge is 0.394 e. The fraction of sp³-hybridized carbons (Fsp3) is 1.00. The van der Waals surface area contributed by atoms with Crippen LogP contribution in [0.3, 0.4) is 0 Å². The lowest BCUT2D eigenvalue weighted by atomic mass is 10.7. The van der Waals surface area contributed by atoms with Crippen molar-refractivity contribution in [2.45, 2.75) is 13.8 Å². The molecule has 0 aromatic carbocycles. The normalized spacial score (nSPS) is 9.30. The van der Waals surface area contributed by atoms with Crippen molar-refractivity contribution >= 4 is 22.6 Å². The van der Waals surface area contributed by atoms with Gasteiger partial charge >= 0.3 is 0 Å². The minimum absolute atomic E-state index is 0.0413. The van der Waals surface area contributed by atoms with E-state index in [0.29, 0.717) is 39.6 Å². The van der Waals surface area contributed by atoms with E-state index < -0.39 is 0 Å². The van der Waals surface area contributed by atoms with E-state index in [4.69, 9.17) is 29.2 Å². The fourth-order valence-corrected chi connectivity index (χ4v) is 0.875. The van der Waals surface area contributed by atoms with Crippen molar-refractivity contribution in [1.82, 2.24) is 0 Å². The molecule has 0 saturated carbocycles. The van der Waals surface area contributed by atoms with E-state index in [2.05, 4.69) is 22.6 Å². The smallest absolute Gasteiger partial charge is 0.0701 e. The van der Waals surface area contributed by atoms with Crippen LogP contribution in [0.2, 0.25) is 0 Å². The van der Waals surface area contributed by atoms with Crippen LogP contribution in [0, 0.1) is 0 Å². The summed E-state index contributed by atoms with van der Waals surface area (Å²) in [4.78, 5) is 1.97. The lowest BCUT2D eigenvalue weighted by Crippen LogP contribution is -2.11. The van der Waals surface area contributed by atoms with Crippen LogP contribution in [-0.4, -0.2) is 81.2 Å². The van der Waals surface area contributed by atoms with Crippen molar-refractivity contribution in [3.63, 3.8) is 0 Å². The van der Waals surface area contributed by atoms with Crippen LogP contribution in [0.25, 0.3) is 0 Å². The van der Waals surface area contributed by atoms with Gasteiger partial charge in [-0.3, -0.25) is 0 Å². The Labute approximate surface area is 136 Å². The molecule has 0 aliphatic carbocycles. The molecule has 0 atom stereocenters. The van der Waals surface area contributed by atoms with E-state index in [1.807, 2.05) is 18.8 Å². The molecular formula is C13H31IO6. The standard InChI is InChI=1S/C8H18O5.C4H10O.CH3I/c9-1-3-11-5-7-13-8-6-12-4-2-10;1-3-5-4-2;1-2/h9-10H,1-8H2;3-4H2,1-2H3;1H3. The third-order valence-electron chi connectivity index (χ3n) is 1.62. The Morgan fingerprint density at radius 1 is 0.600 bits per heavy atom. The second-order valence-corrected chi connectivity index (χ2v) is 3.07. The first kappa shape index (κ1) is 25.4. The third kappa shape index (κ3) is 36.3. The predicted molar refractivity (Wildman–Crippen MR) is 88.7 cm³/mol. The second-order valence-electron chi connectivity index (χ2n) is 3.07. The van der Waals surface area contributed by atoms with Crippen LogP contribution >= 0.6 is 22.6 Å². The van der Waals surface area contributed by atoms with Gasteiger partial charge in [-0.25, -0.2) is 0 Å². The predicted octanol–water partition coefficient (Wildman–Crippen LogP) is 1.11. The van der Waals surface area contributed by atoms with Crippen LogP contribution < -0.4 is 0 Å². The summed E-state index contributed by atoms with van der Waals surface area (Å²) in [5.41, 5.74) is 0. The Morgan fingerprint density at radius 2 is 0.900 bits per heavy atom. The zero-order valence-electron chi connectivity index (χ0n) is 13.0. The summed E-state index contributed by atoms with van der Waals surface area (Å²) < 4.78 is 19.9. The maximum atomic E-state index is 8.36. The molecule has 6 nitrogen and oxygen atoms in total. The van der Waals surface area contributed by atoms with Gasteiger partial charge in [0.1, 0.15) is 0 Å². The summed E-state index contributed by atoms with van der Waals surface area (Å²) in [7, 11) is 0. The highest BCUT2D eigenvalue weighted by molar-refractivity contribution is 14.1. The molecule has 0 aliphatic heterocycles. The molecule has 0 unspecified atom stereocenters. The third-order valence-corrected chi connectivity index (χ3v) is 1.62. The first-order chi connectivity index (χ1) is 9.83. The summed E-state index contributed by atoms with van der Waals surface area (Å²) >= 11 is 2.15. The molecule has 0 bridgehead atoms. The topological polar surface area (TPSA) is 77.4 Å². The molecule has 7 heteroatoms. The molecule has 0 amide bonds. The number of hydrogen-bond donors (Lipinski definition) is 2. The molecule has 0 aromatic rings. The molecule has 0 heterocycles. The Balaban J connectivity index is -0.000000346. The van der Waals surface area contributed by atoms with E-state index >= 15 is 0 Å². The average Bonchev–Trinajstić information content (AvgIpc) is 2.49. The van der Waals surface area contributed by atoms with Gasteiger partial charge in [-0.2, -0.15) is 0 Å². The molecule has 20 heavy (non-hydrogen) atoms. The van der Waals surface area contributed by atoms with Gasteiger partial charge in [0.05, 0.1) is 52.9 Å². The Bertz CT molecular complexity index is 117. The number of rotatable bonds is 12. The van der Waals surface area contributed by atoms with Gasteiger partial charge in [0.25, 0.3) is 0 Å². The summed E-state index contributed by atoms with van der Waals surface area (Å²) in [6.45, 7) is 8.43. The van der Waals surface area contributed by atoms with Crippen molar-refractivity contribution in [1.29, 1.82) is 0 Å². The lowest BCUT2D eigenvalue weighted by molar-refractivity contribution is 0.00230. The number of aliphatic hydroxyl groups is 2. The maximum absolute atomic E-state index is 8.36. The molecule has 0 radical (unpaired) electrons. The number of hydrogen-bond acceptors (Lipinski definition) is 6. The Morgan fingerprint density at radius 3 is 1.10 bits per heavy atom. The quantitative estimate of drug-likeness (QED) is 0.285. The first-order valence-corrected chi connectivity index (χ1v) is 8.89. The van der Waals surface area contributed by atoms with Crippen LogP contribution in [0.15, 0.2) is 0 Å². The van der Waals surface area contributed by atoms with Crippen LogP contribution in [0.4, 0.5) is 0 Å². The lowest BCUT2D eigenvalue weighted by Gasteiger charge is -2.04. The molecule has 0 rings (SSSR count). The number of halogens is 1. The number of aliphatic hydroxyl groups excluding tert-OH is 2. The summed E-state index contributed by atoms with van der Waals surface area (Å²) in [6.07, 6.45) is 0. The van der Waals surface area contributed by atoms with Crippen LogP contribution in [-0.2, 0) is 18.9 Å². The van der Waals surface area contributed by atoms with Gasteiger partial charge in [0, 0.05) is 13.2 Å². The summed E-state index contributed by atoms with van der Waals surface area (Å²) in [5, 5.41) is 16.7. The molecule has 2 N–H and O–H groups in total. The highest BCUT2D eigenvalue weighted by Crippen LogP contribution is 1.80. The highest BCUT2D eigenvalue weighted by atomic mass is 127. The maximum Gasteiger partial charge on any atom is 0.0701 e. The Kier molecular flexibility index (Phi) is 40.4. The Hall–Kier alpha value is 0.490. The summed E-state index contributed by atoms with van der Waals surface area (Å²) in [6, 6.07) is 0. The summed E-state index contributed by atoms with van der Waals surface area (Å²) in [5.74, 6) is 0. The van der Waals surface area contributed by atoms with Crippen molar-refractivity contribution in [3.8, 4) is 0 Å². The van der Waals surface area contributed by atoms with E-state index in [0.717, 1.165) is 13.2 Å². The second kappa shape index (κ2) is 31.7. The number of ether oxygens (including phenoxy) is 4. The van der Waals surface area contributed by atoms with Crippen LogP contribution in [0.5, 0.6) is 0 Å². The van der Waals surface area contributed by atoms with Gasteiger partial charge in [-0.1, -0.05) is 22.6 Å². The highest BCUT2D eigenvalue weighted by Gasteiger charge is 1.89. The molecule has 126 valence electrons. The minimum Gasteiger partial charge on any atom is -0.394 e. The average molecular weight is 410 g/mol. The monoisotopic (exact) mass is 410 g/mol. The zero-order valence-corrected chi connectivity index (χ0v) is 15.1. The minimum atomic E-state index is 0.0413. The van der Waals surface area contributed by atoms with E-state index in [-0.39, 0.29) is 13.2 Å². The van der Waals surface area contributed by atoms with Crippen LogP contribution in [0.1, 0.15) is 13.8 Å². The molecule has 0 aromatic heterocycles. The van der Waals surface area contributed by atoms with Crippen molar-refractivity contribution in [2.24, 2.45) is 0 Å². The van der Waals surface area contributed by atoms with Crippen molar-refractivity contribution in [2.75, 3.05) is 71.0 Å². The molecule has 0 fully saturated rings. The SMILES string of the molecule is CCOCC.CI.OCCOCCOCCOCCO. The zero-order chi connectivity index (χ0) is 15.9. The van der Waals surface area contributed by atoms with Gasteiger partial charge in [-0.15, -0.1) is 0 Å². The van der Waals surface area contributed by atoms with E-state index in [9.17, 15) is 0 Å². The van der Waals surface area contributed by atoms with Crippen molar-refractivity contribution in [3.05, 3.63) is 0 Å². The van der Waals surface area contributed by atoms with Gasteiger partial charge in [0.2, 0.25) is 0 Å². The molecule has 0 spiro atoms. The van der Waals surface area contributed by atoms with Gasteiger partial charge in [-0.05, 0) is 18.8 Å². The van der Waals surface area contributed by atoms with Gasteiger partial charge in [0.15, 0.2) is 0 Å². The fourth-order valence-electron chi connectivity index (χ4n) is 0.875. The van der Waals surface area contributed by atoms with Crippen molar-refractivity contribution < 1.29 is 29.2 Å². The van der Waals surface area contributed by atoms with E-state index in [1.165, 1.54) is 0 Å². The van der Waals surface area contributed by atoms with Gasteiger partial charge < -0.3 is 29.2 Å². The molecule has 0 saturated heterocycles. The first-order valence-electron chi connectivity index (χ1n) is 6.73.